The number of nitriles is 1. The van der Waals surface area contributed by atoms with Gasteiger partial charge in [0, 0.05) is 49.0 Å². The van der Waals surface area contributed by atoms with Gasteiger partial charge in [0.1, 0.15) is 18.2 Å². The van der Waals surface area contributed by atoms with E-state index in [1.165, 1.54) is 25.1 Å². The highest BCUT2D eigenvalue weighted by atomic mass is 19.4. The van der Waals surface area contributed by atoms with Crippen LogP contribution in [0.25, 0.3) is 0 Å². The lowest BCUT2D eigenvalue weighted by molar-refractivity contribution is -0.137. The van der Waals surface area contributed by atoms with Crippen molar-refractivity contribution >= 4 is 17.3 Å². The molecule has 3 aliphatic heterocycles. The smallest absolute Gasteiger partial charge is 0.418 e. The lowest BCUT2D eigenvalue weighted by atomic mass is 9.95. The van der Waals surface area contributed by atoms with E-state index in [1.54, 1.807) is 15.9 Å². The molecule has 0 N–H and O–H groups in total. The Morgan fingerprint density at radius 3 is 2.53 bits per heavy atom. The summed E-state index contributed by atoms with van der Waals surface area (Å²) in [6, 6.07) is 6.88. The number of halogens is 3. The van der Waals surface area contributed by atoms with Crippen molar-refractivity contribution in [3.63, 3.8) is 0 Å². The van der Waals surface area contributed by atoms with Gasteiger partial charge in [-0.25, -0.2) is 4.98 Å². The van der Waals surface area contributed by atoms with Crippen LogP contribution in [0.15, 0.2) is 30.9 Å². The van der Waals surface area contributed by atoms with Crippen molar-refractivity contribution in [1.82, 2.24) is 14.8 Å². The number of carbonyl (C=O) groups excluding carboxylic acids is 1. The number of hydrogen-bond donors (Lipinski definition) is 0. The number of nitrogens with zero attached hydrogens (tertiary/aromatic N) is 6. The molecule has 230 valence electrons. The van der Waals surface area contributed by atoms with Gasteiger partial charge >= 0.3 is 6.18 Å². The minimum absolute atomic E-state index is 0.125. The Hall–Kier alpha value is -3.78. The van der Waals surface area contributed by atoms with Crippen LogP contribution in [0.5, 0.6) is 5.88 Å². The molecule has 3 aliphatic rings. The van der Waals surface area contributed by atoms with Crippen molar-refractivity contribution in [2.45, 2.75) is 70.9 Å². The molecule has 0 spiro atoms. The van der Waals surface area contributed by atoms with Gasteiger partial charge in [0.25, 0.3) is 0 Å². The summed E-state index contributed by atoms with van der Waals surface area (Å²) < 4.78 is 48.7. The van der Waals surface area contributed by atoms with Gasteiger partial charge in [0.2, 0.25) is 11.8 Å². The number of likely N-dealkylation sites (N-methyl/N-ethyl adjacent to an activating group) is 1. The molecule has 1 unspecified atom stereocenters. The molecule has 2 saturated heterocycles. The second-order valence-electron chi connectivity index (χ2n) is 12.0. The van der Waals surface area contributed by atoms with Crippen molar-refractivity contribution in [1.29, 1.82) is 5.26 Å². The summed E-state index contributed by atoms with van der Waals surface area (Å²) in [5.74, 6) is 0.0690. The summed E-state index contributed by atoms with van der Waals surface area (Å²) in [5.41, 5.74) is 2.16. The van der Waals surface area contributed by atoms with E-state index in [9.17, 15) is 23.2 Å². The van der Waals surface area contributed by atoms with E-state index < -0.39 is 11.7 Å². The Morgan fingerprint density at radius 1 is 1.21 bits per heavy atom. The van der Waals surface area contributed by atoms with Crippen LogP contribution in [0.3, 0.4) is 0 Å². The molecular formula is C32H39F3N6O2. The van der Waals surface area contributed by atoms with Crippen molar-refractivity contribution < 1.29 is 22.7 Å². The molecule has 2 aromatic rings. The number of pyridine rings is 1. The molecule has 1 aromatic heterocycles. The number of carbonyl (C=O) groups is 1. The van der Waals surface area contributed by atoms with Crippen molar-refractivity contribution in [3.05, 3.63) is 58.8 Å². The van der Waals surface area contributed by atoms with Crippen LogP contribution >= 0.6 is 0 Å². The number of amides is 1. The Labute approximate surface area is 251 Å². The highest BCUT2D eigenvalue weighted by molar-refractivity contribution is 5.88. The summed E-state index contributed by atoms with van der Waals surface area (Å²) in [6.07, 6.45) is -0.724. The maximum atomic E-state index is 14.2. The zero-order chi connectivity index (χ0) is 31.1. The van der Waals surface area contributed by atoms with E-state index in [0.717, 1.165) is 24.9 Å². The molecule has 5 rings (SSSR count). The average molecular weight is 597 g/mol. The van der Waals surface area contributed by atoms with Crippen LogP contribution in [0, 0.1) is 18.3 Å². The van der Waals surface area contributed by atoms with E-state index in [1.807, 2.05) is 20.9 Å². The SMILES string of the molecule is C=CC(=O)N1[C@H](C)CN(c2c(C#N)c(OCC3CCCN3C)nc3c2CCN(c2cccc(C)c2C(F)(F)F)C3)C[C@@H]1C. The largest absolute Gasteiger partial charge is 0.475 e. The number of benzene rings is 1. The minimum Gasteiger partial charge on any atom is -0.475 e. The predicted octanol–water partition coefficient (Wildman–Crippen LogP) is 4.93. The highest BCUT2D eigenvalue weighted by Gasteiger charge is 2.39. The first-order valence-corrected chi connectivity index (χ1v) is 14.8. The number of alkyl halides is 3. The van der Waals surface area contributed by atoms with Crippen LogP contribution in [0.1, 0.15) is 54.6 Å². The summed E-state index contributed by atoms with van der Waals surface area (Å²) in [6.45, 7) is 11.9. The molecule has 1 amide bonds. The van der Waals surface area contributed by atoms with E-state index in [-0.39, 0.29) is 47.7 Å². The lowest BCUT2D eigenvalue weighted by Crippen LogP contribution is -2.58. The summed E-state index contributed by atoms with van der Waals surface area (Å²) >= 11 is 0. The molecule has 0 bridgehead atoms. The molecule has 3 atom stereocenters. The molecule has 0 radical (unpaired) electrons. The number of aromatic nitrogens is 1. The van der Waals surface area contributed by atoms with Crippen molar-refractivity contribution in [2.24, 2.45) is 0 Å². The molecule has 8 nitrogen and oxygen atoms in total. The maximum Gasteiger partial charge on any atom is 0.418 e. The minimum atomic E-state index is -4.50. The summed E-state index contributed by atoms with van der Waals surface area (Å²) in [5, 5.41) is 10.5. The zero-order valence-corrected chi connectivity index (χ0v) is 25.2. The molecule has 0 aliphatic carbocycles. The quantitative estimate of drug-likeness (QED) is 0.438. The van der Waals surface area contributed by atoms with Crippen LogP contribution in [-0.4, -0.2) is 78.7 Å². The fraction of sp³-hybridized carbons (Fsp3) is 0.531. The van der Waals surface area contributed by atoms with Crippen LogP contribution in [-0.2, 0) is 23.9 Å². The first-order chi connectivity index (χ1) is 20.4. The standard InChI is InChI=1S/C32H39F3N6O2/c1-6-28(42)41-21(3)16-40(17-22(41)4)30-24-12-14-39(27-11-7-9-20(2)29(27)32(33,34)35)18-26(24)37-31(25(30)15-36)43-19-23-10-8-13-38(23)5/h6-7,9,11,21-23H,1,8,10,12-14,16-19H2,2-5H3/t21-,22+,23?. The molecule has 4 heterocycles. The Balaban J connectivity index is 1.57. The summed E-state index contributed by atoms with van der Waals surface area (Å²) in [7, 11) is 2.04. The summed E-state index contributed by atoms with van der Waals surface area (Å²) in [4.78, 5) is 25.3. The van der Waals surface area contributed by atoms with E-state index in [0.29, 0.717) is 49.6 Å². The predicted molar refractivity (Wildman–Crippen MR) is 159 cm³/mol. The molecule has 43 heavy (non-hydrogen) atoms. The highest BCUT2D eigenvalue weighted by Crippen LogP contribution is 2.43. The molecule has 0 saturated carbocycles. The Kier molecular flexibility index (Phi) is 8.61. The molecule has 1 aromatic carbocycles. The first kappa shape index (κ1) is 30.7. The van der Waals surface area contributed by atoms with Crippen molar-refractivity contribution in [3.8, 4) is 11.9 Å². The molecular weight excluding hydrogens is 557 g/mol. The second-order valence-corrected chi connectivity index (χ2v) is 12.0. The van der Waals surface area contributed by atoms with Crippen molar-refractivity contribution in [2.75, 3.05) is 49.6 Å². The van der Waals surface area contributed by atoms with Crippen LogP contribution < -0.4 is 14.5 Å². The fourth-order valence-electron chi connectivity index (χ4n) is 6.99. The van der Waals surface area contributed by atoms with E-state index in [4.69, 9.17) is 9.72 Å². The van der Waals surface area contributed by atoms with Gasteiger partial charge < -0.3 is 24.3 Å². The zero-order valence-electron chi connectivity index (χ0n) is 25.2. The number of piperazine rings is 1. The fourth-order valence-corrected chi connectivity index (χ4v) is 6.99. The maximum absolute atomic E-state index is 14.2. The van der Waals surface area contributed by atoms with Crippen LogP contribution in [0.2, 0.25) is 0 Å². The van der Waals surface area contributed by atoms with Gasteiger partial charge in [-0.05, 0) is 71.3 Å². The second kappa shape index (κ2) is 12.1. The number of rotatable bonds is 6. The van der Waals surface area contributed by atoms with E-state index in [2.05, 4.69) is 22.4 Å². The van der Waals surface area contributed by atoms with Gasteiger partial charge in [-0.3, -0.25) is 4.79 Å². The van der Waals surface area contributed by atoms with Gasteiger partial charge in [-0.1, -0.05) is 18.7 Å². The number of anilines is 2. The number of ether oxygens (including phenoxy) is 1. The van der Waals surface area contributed by atoms with Gasteiger partial charge in [0.15, 0.2) is 0 Å². The topological polar surface area (TPSA) is 75.9 Å². The monoisotopic (exact) mass is 596 g/mol. The number of aryl methyl sites for hydroxylation is 1. The third-order valence-electron chi connectivity index (χ3n) is 9.03. The molecule has 2 fully saturated rings. The Bertz CT molecular complexity index is 1430. The van der Waals surface area contributed by atoms with Gasteiger partial charge in [-0.15, -0.1) is 0 Å². The van der Waals surface area contributed by atoms with Crippen LogP contribution in [0.4, 0.5) is 24.5 Å². The number of likely N-dealkylation sites (tertiary alicyclic amines) is 1. The first-order valence-electron chi connectivity index (χ1n) is 14.8. The molecule has 11 heteroatoms. The normalized spacial score (nSPS) is 22.7. The lowest BCUT2D eigenvalue weighted by Gasteiger charge is -2.46. The number of fused-ring (bicyclic) bond motifs is 1. The third-order valence-corrected chi connectivity index (χ3v) is 9.03. The third kappa shape index (κ3) is 5.90. The van der Waals surface area contributed by atoms with Gasteiger partial charge in [0.05, 0.1) is 23.5 Å². The van der Waals surface area contributed by atoms with Gasteiger partial charge in [-0.2, -0.15) is 18.4 Å². The average Bonchev–Trinajstić information content (AvgIpc) is 3.37. The Morgan fingerprint density at radius 2 is 1.93 bits per heavy atom. The number of hydrogen-bond acceptors (Lipinski definition) is 7. The van der Waals surface area contributed by atoms with E-state index >= 15 is 0 Å².